The number of aromatic nitrogens is 1. The Hall–Kier alpha value is -0.450. The zero-order valence-corrected chi connectivity index (χ0v) is 10.7. The van der Waals surface area contributed by atoms with Gasteiger partial charge in [-0.2, -0.15) is 0 Å². The summed E-state index contributed by atoms with van der Waals surface area (Å²) in [6.45, 7) is 9.26. The maximum absolute atomic E-state index is 9.17. The molecule has 0 bridgehead atoms. The predicted molar refractivity (Wildman–Crippen MR) is 64.0 cm³/mol. The molecule has 1 rings (SSSR count). The molecule has 0 fully saturated rings. The lowest BCUT2D eigenvalue weighted by atomic mass is 9.93. The summed E-state index contributed by atoms with van der Waals surface area (Å²) in [5.41, 5.74) is -0.213. The highest BCUT2D eigenvalue weighted by molar-refractivity contribution is 7.09. The van der Waals surface area contributed by atoms with Gasteiger partial charge in [-0.25, -0.2) is 4.98 Å². The molecule has 3 nitrogen and oxygen atoms in total. The van der Waals surface area contributed by atoms with Crippen LogP contribution in [0.15, 0.2) is 11.6 Å². The van der Waals surface area contributed by atoms with Crippen LogP contribution in [0.25, 0.3) is 0 Å². The highest BCUT2D eigenvalue weighted by atomic mass is 32.1. The molecule has 0 unspecified atom stereocenters. The molecule has 2 N–H and O–H groups in total. The monoisotopic (exact) mass is 228 g/mol. The first-order valence-corrected chi connectivity index (χ1v) is 6.01. The standard InChI is InChI=1S/C11H20N2OS/c1-10(2,8-14)7-13-11(3,4)9-12-5-6-15-9/h5-6,13-14H,7-8H2,1-4H3. The number of rotatable bonds is 5. The van der Waals surface area contributed by atoms with Gasteiger partial charge >= 0.3 is 0 Å². The van der Waals surface area contributed by atoms with E-state index >= 15 is 0 Å². The maximum atomic E-state index is 9.17. The van der Waals surface area contributed by atoms with Crippen molar-refractivity contribution in [3.8, 4) is 0 Å². The summed E-state index contributed by atoms with van der Waals surface area (Å²) in [6.07, 6.45) is 1.82. The normalized spacial score (nSPS) is 13.1. The van der Waals surface area contributed by atoms with Crippen LogP contribution >= 0.6 is 11.3 Å². The van der Waals surface area contributed by atoms with E-state index in [1.165, 1.54) is 0 Å². The summed E-state index contributed by atoms with van der Waals surface area (Å²) in [7, 11) is 0. The largest absolute Gasteiger partial charge is 0.396 e. The summed E-state index contributed by atoms with van der Waals surface area (Å²) in [6, 6.07) is 0. The fourth-order valence-electron chi connectivity index (χ4n) is 1.12. The van der Waals surface area contributed by atoms with Crippen molar-refractivity contribution in [3.63, 3.8) is 0 Å². The number of nitrogens with zero attached hydrogens (tertiary/aromatic N) is 1. The minimum atomic E-state index is -0.124. The van der Waals surface area contributed by atoms with E-state index in [2.05, 4.69) is 24.1 Å². The van der Waals surface area contributed by atoms with Gasteiger partial charge in [0.25, 0.3) is 0 Å². The molecule has 0 radical (unpaired) electrons. The molecule has 0 aliphatic heterocycles. The van der Waals surface area contributed by atoms with Crippen LogP contribution < -0.4 is 5.32 Å². The highest BCUT2D eigenvalue weighted by Gasteiger charge is 2.26. The molecular formula is C11H20N2OS. The number of hydrogen-bond donors (Lipinski definition) is 2. The summed E-state index contributed by atoms with van der Waals surface area (Å²) < 4.78 is 0. The van der Waals surface area contributed by atoms with E-state index in [1.807, 2.05) is 25.4 Å². The zero-order chi connectivity index (χ0) is 11.5. The van der Waals surface area contributed by atoms with E-state index in [0.29, 0.717) is 0 Å². The van der Waals surface area contributed by atoms with Crippen molar-refractivity contribution in [1.82, 2.24) is 10.3 Å². The van der Waals surface area contributed by atoms with Crippen molar-refractivity contribution in [2.24, 2.45) is 5.41 Å². The quantitative estimate of drug-likeness (QED) is 0.810. The Morgan fingerprint density at radius 3 is 2.53 bits per heavy atom. The van der Waals surface area contributed by atoms with E-state index in [4.69, 9.17) is 5.11 Å². The molecule has 86 valence electrons. The van der Waals surface area contributed by atoms with Crippen LogP contribution in [-0.4, -0.2) is 23.2 Å². The van der Waals surface area contributed by atoms with Gasteiger partial charge in [0.15, 0.2) is 0 Å². The molecule has 0 amide bonds. The SMILES string of the molecule is CC(C)(CO)CNC(C)(C)c1nccs1. The second-order valence-corrected chi connectivity index (χ2v) is 6.03. The maximum Gasteiger partial charge on any atom is 0.112 e. The van der Waals surface area contributed by atoms with E-state index < -0.39 is 0 Å². The molecule has 0 spiro atoms. The Kier molecular flexibility index (Phi) is 3.87. The van der Waals surface area contributed by atoms with Crippen molar-refractivity contribution in [2.45, 2.75) is 33.2 Å². The summed E-state index contributed by atoms with van der Waals surface area (Å²) in [5.74, 6) is 0. The molecule has 1 aromatic heterocycles. The van der Waals surface area contributed by atoms with Crippen molar-refractivity contribution >= 4 is 11.3 Å². The van der Waals surface area contributed by atoms with Gasteiger partial charge in [0, 0.05) is 30.1 Å². The van der Waals surface area contributed by atoms with Gasteiger partial charge in [-0.05, 0) is 13.8 Å². The van der Waals surface area contributed by atoms with Crippen LogP contribution in [-0.2, 0) is 5.54 Å². The Bertz CT molecular complexity index is 294. The molecule has 0 aliphatic carbocycles. The fourth-order valence-corrected chi connectivity index (χ4v) is 1.86. The first-order chi connectivity index (χ1) is 6.87. The number of hydrogen-bond acceptors (Lipinski definition) is 4. The van der Waals surface area contributed by atoms with E-state index in [-0.39, 0.29) is 17.6 Å². The Morgan fingerprint density at radius 1 is 1.40 bits per heavy atom. The molecule has 15 heavy (non-hydrogen) atoms. The highest BCUT2D eigenvalue weighted by Crippen LogP contribution is 2.23. The number of nitrogens with one attached hydrogen (secondary N) is 1. The van der Waals surface area contributed by atoms with Crippen LogP contribution in [0.5, 0.6) is 0 Å². The minimum absolute atomic E-state index is 0.0888. The Morgan fingerprint density at radius 2 is 2.07 bits per heavy atom. The van der Waals surface area contributed by atoms with Crippen LogP contribution in [0.1, 0.15) is 32.7 Å². The molecule has 0 saturated heterocycles. The number of aliphatic hydroxyl groups excluding tert-OH is 1. The molecule has 0 aliphatic rings. The third-order valence-corrected chi connectivity index (χ3v) is 3.50. The number of thiazole rings is 1. The summed E-state index contributed by atoms with van der Waals surface area (Å²) in [4.78, 5) is 4.31. The minimum Gasteiger partial charge on any atom is -0.396 e. The van der Waals surface area contributed by atoms with Gasteiger partial charge in [-0.15, -0.1) is 11.3 Å². The topological polar surface area (TPSA) is 45.1 Å². The van der Waals surface area contributed by atoms with Crippen molar-refractivity contribution in [1.29, 1.82) is 0 Å². The lowest BCUT2D eigenvalue weighted by Crippen LogP contribution is -2.43. The van der Waals surface area contributed by atoms with Crippen LogP contribution in [0.2, 0.25) is 0 Å². The van der Waals surface area contributed by atoms with Crippen LogP contribution in [0.4, 0.5) is 0 Å². The zero-order valence-electron chi connectivity index (χ0n) is 9.87. The van der Waals surface area contributed by atoms with Crippen molar-refractivity contribution in [2.75, 3.05) is 13.2 Å². The second-order valence-electron chi connectivity index (χ2n) is 5.14. The molecule has 0 atom stereocenters. The van der Waals surface area contributed by atoms with E-state index in [1.54, 1.807) is 11.3 Å². The van der Waals surface area contributed by atoms with Gasteiger partial charge in [0.05, 0.1) is 5.54 Å². The number of aliphatic hydroxyl groups is 1. The van der Waals surface area contributed by atoms with Gasteiger partial charge in [-0.3, -0.25) is 0 Å². The van der Waals surface area contributed by atoms with Gasteiger partial charge in [0.1, 0.15) is 5.01 Å². The third-order valence-electron chi connectivity index (χ3n) is 2.40. The van der Waals surface area contributed by atoms with Gasteiger partial charge < -0.3 is 10.4 Å². The molecule has 1 aromatic rings. The third kappa shape index (κ3) is 3.55. The summed E-state index contributed by atoms with van der Waals surface area (Å²) >= 11 is 1.65. The van der Waals surface area contributed by atoms with E-state index in [9.17, 15) is 0 Å². The Balaban J connectivity index is 2.58. The van der Waals surface area contributed by atoms with Gasteiger partial charge in [-0.1, -0.05) is 13.8 Å². The smallest absolute Gasteiger partial charge is 0.112 e. The fraction of sp³-hybridized carbons (Fsp3) is 0.727. The molecule has 4 heteroatoms. The average molecular weight is 228 g/mol. The molecule has 0 aromatic carbocycles. The van der Waals surface area contributed by atoms with Gasteiger partial charge in [0.2, 0.25) is 0 Å². The molecule has 0 saturated carbocycles. The lowest BCUT2D eigenvalue weighted by Gasteiger charge is -2.30. The summed E-state index contributed by atoms with van der Waals surface area (Å²) in [5, 5.41) is 15.7. The van der Waals surface area contributed by atoms with Crippen molar-refractivity contribution < 1.29 is 5.11 Å². The van der Waals surface area contributed by atoms with E-state index in [0.717, 1.165) is 11.6 Å². The first-order valence-electron chi connectivity index (χ1n) is 5.13. The average Bonchev–Trinajstić information content (AvgIpc) is 2.69. The predicted octanol–water partition coefficient (Wildman–Crippen LogP) is 1.99. The van der Waals surface area contributed by atoms with Crippen LogP contribution in [0, 0.1) is 5.41 Å². The first kappa shape index (κ1) is 12.6. The molecular weight excluding hydrogens is 208 g/mol. The lowest BCUT2D eigenvalue weighted by molar-refractivity contribution is 0.146. The second kappa shape index (κ2) is 4.60. The molecule has 1 heterocycles. The van der Waals surface area contributed by atoms with Crippen LogP contribution in [0.3, 0.4) is 0 Å². The Labute approximate surface area is 95.6 Å². The van der Waals surface area contributed by atoms with Crippen molar-refractivity contribution in [3.05, 3.63) is 16.6 Å².